The third-order valence-corrected chi connectivity index (χ3v) is 3.34. The molecule has 2 atom stereocenters. The van der Waals surface area contributed by atoms with Gasteiger partial charge in [-0.1, -0.05) is 11.6 Å². The van der Waals surface area contributed by atoms with Crippen LogP contribution in [0.25, 0.3) is 0 Å². The Morgan fingerprint density at radius 3 is 3.18 bits per heavy atom. The molecule has 1 amide bonds. The van der Waals surface area contributed by atoms with Gasteiger partial charge in [-0.3, -0.25) is 4.79 Å². The van der Waals surface area contributed by atoms with E-state index in [-0.39, 0.29) is 11.8 Å². The van der Waals surface area contributed by atoms with Crippen molar-refractivity contribution in [1.29, 1.82) is 0 Å². The van der Waals surface area contributed by atoms with Crippen LogP contribution < -0.4 is 11.1 Å². The first-order valence-electron chi connectivity index (χ1n) is 6.04. The number of hydrogen-bond acceptors (Lipinski definition) is 5. The molecule has 1 heterocycles. The van der Waals surface area contributed by atoms with Gasteiger partial charge in [-0.25, -0.2) is 0 Å². The van der Waals surface area contributed by atoms with Crippen molar-refractivity contribution in [3.8, 4) is 0 Å². The van der Waals surface area contributed by atoms with Crippen molar-refractivity contribution in [2.75, 3.05) is 13.1 Å². The fourth-order valence-corrected chi connectivity index (χ4v) is 2.39. The first-order valence-corrected chi connectivity index (χ1v) is 6.04. The lowest BCUT2D eigenvalue weighted by molar-refractivity contribution is -0.125. The molecule has 94 valence electrons. The predicted octanol–water partition coefficient (Wildman–Crippen LogP) is 0.103. The minimum Gasteiger partial charge on any atom is -0.355 e. The van der Waals surface area contributed by atoms with E-state index >= 15 is 0 Å². The second kappa shape index (κ2) is 5.77. The van der Waals surface area contributed by atoms with Crippen LogP contribution in [0.2, 0.25) is 0 Å². The van der Waals surface area contributed by atoms with Crippen molar-refractivity contribution < 1.29 is 9.32 Å². The highest BCUT2D eigenvalue weighted by molar-refractivity contribution is 5.79. The molecular formula is C11H18N4O2. The Balaban J connectivity index is 1.73. The minimum atomic E-state index is 0.0858. The minimum absolute atomic E-state index is 0.0858. The van der Waals surface area contributed by atoms with Crippen LogP contribution in [0.15, 0.2) is 10.9 Å². The molecule has 3 N–H and O–H groups in total. The van der Waals surface area contributed by atoms with Crippen molar-refractivity contribution in [3.63, 3.8) is 0 Å². The molecule has 6 heteroatoms. The van der Waals surface area contributed by atoms with Crippen molar-refractivity contribution in [1.82, 2.24) is 15.5 Å². The standard InChI is InChI=1S/C11H18N4O2/c12-6-8-2-1-3-9(8)11(16)13-5-4-10-14-7-15-17-10/h7-9H,1-6,12H2,(H,13,16). The van der Waals surface area contributed by atoms with Crippen molar-refractivity contribution in [2.24, 2.45) is 17.6 Å². The fourth-order valence-electron chi connectivity index (χ4n) is 2.39. The maximum atomic E-state index is 11.9. The Bertz CT molecular complexity index is 352. The van der Waals surface area contributed by atoms with Crippen molar-refractivity contribution in [3.05, 3.63) is 12.2 Å². The monoisotopic (exact) mass is 238 g/mol. The lowest BCUT2D eigenvalue weighted by atomic mass is 9.95. The van der Waals surface area contributed by atoms with E-state index in [1.807, 2.05) is 0 Å². The first-order chi connectivity index (χ1) is 8.31. The second-order valence-electron chi connectivity index (χ2n) is 4.41. The van der Waals surface area contributed by atoms with Crippen LogP contribution in [0.1, 0.15) is 25.2 Å². The van der Waals surface area contributed by atoms with Gasteiger partial charge in [0, 0.05) is 18.9 Å². The van der Waals surface area contributed by atoms with Crippen LogP contribution in [0, 0.1) is 11.8 Å². The van der Waals surface area contributed by atoms with Crippen molar-refractivity contribution >= 4 is 5.91 Å². The number of carbonyl (C=O) groups excluding carboxylic acids is 1. The van der Waals surface area contributed by atoms with E-state index in [1.165, 1.54) is 6.33 Å². The summed E-state index contributed by atoms with van der Waals surface area (Å²) in [5.74, 6) is 1.09. The lowest BCUT2D eigenvalue weighted by Gasteiger charge is -2.16. The number of nitrogens with two attached hydrogens (primary N) is 1. The van der Waals surface area contributed by atoms with Crippen LogP contribution >= 0.6 is 0 Å². The Labute approximate surface area is 99.9 Å². The third kappa shape index (κ3) is 3.03. The van der Waals surface area contributed by atoms with Gasteiger partial charge in [-0.15, -0.1) is 0 Å². The number of aromatic nitrogens is 2. The summed E-state index contributed by atoms with van der Waals surface area (Å²) >= 11 is 0. The SMILES string of the molecule is NCC1CCCC1C(=O)NCCc1ncno1. The number of amides is 1. The van der Waals surface area contributed by atoms with Gasteiger partial charge in [0.15, 0.2) is 6.33 Å². The Kier molecular flexibility index (Phi) is 4.08. The Hall–Kier alpha value is -1.43. The van der Waals surface area contributed by atoms with Crippen LogP contribution in [-0.2, 0) is 11.2 Å². The molecule has 0 aromatic carbocycles. The van der Waals surface area contributed by atoms with E-state index in [2.05, 4.69) is 15.5 Å². The van der Waals surface area contributed by atoms with E-state index in [4.69, 9.17) is 10.3 Å². The summed E-state index contributed by atoms with van der Waals surface area (Å²) in [6, 6.07) is 0. The zero-order valence-electron chi connectivity index (χ0n) is 9.76. The van der Waals surface area contributed by atoms with E-state index < -0.39 is 0 Å². The molecule has 0 aliphatic heterocycles. The topological polar surface area (TPSA) is 94.0 Å². The Morgan fingerprint density at radius 2 is 2.47 bits per heavy atom. The molecular weight excluding hydrogens is 220 g/mol. The zero-order valence-corrected chi connectivity index (χ0v) is 9.76. The largest absolute Gasteiger partial charge is 0.355 e. The summed E-state index contributed by atoms with van der Waals surface area (Å²) in [6.45, 7) is 1.14. The van der Waals surface area contributed by atoms with Crippen LogP contribution in [0.3, 0.4) is 0 Å². The maximum absolute atomic E-state index is 11.9. The number of carbonyl (C=O) groups is 1. The normalized spacial score (nSPS) is 23.8. The summed E-state index contributed by atoms with van der Waals surface area (Å²) in [7, 11) is 0. The molecule has 1 fully saturated rings. The zero-order chi connectivity index (χ0) is 12.1. The molecule has 2 unspecified atom stereocenters. The molecule has 1 saturated carbocycles. The highest BCUT2D eigenvalue weighted by Crippen LogP contribution is 2.30. The molecule has 0 saturated heterocycles. The van der Waals surface area contributed by atoms with E-state index in [9.17, 15) is 4.79 Å². The van der Waals surface area contributed by atoms with Gasteiger partial charge in [0.25, 0.3) is 0 Å². The Morgan fingerprint density at radius 1 is 1.59 bits per heavy atom. The molecule has 1 aliphatic carbocycles. The average Bonchev–Trinajstić information content (AvgIpc) is 2.99. The third-order valence-electron chi connectivity index (χ3n) is 3.34. The molecule has 1 aliphatic rings. The van der Waals surface area contributed by atoms with Gasteiger partial charge in [0.1, 0.15) is 0 Å². The lowest BCUT2D eigenvalue weighted by Crippen LogP contribution is -2.36. The molecule has 0 radical (unpaired) electrons. The van der Waals surface area contributed by atoms with Gasteiger partial charge < -0.3 is 15.6 Å². The van der Waals surface area contributed by atoms with Gasteiger partial charge in [-0.2, -0.15) is 4.98 Å². The van der Waals surface area contributed by atoms with Gasteiger partial charge >= 0.3 is 0 Å². The van der Waals surface area contributed by atoms with Gasteiger partial charge in [0.2, 0.25) is 11.8 Å². The number of rotatable bonds is 5. The highest BCUT2D eigenvalue weighted by Gasteiger charge is 2.31. The summed E-state index contributed by atoms with van der Waals surface area (Å²) in [5.41, 5.74) is 5.65. The molecule has 1 aromatic rings. The van der Waals surface area contributed by atoms with Crippen molar-refractivity contribution in [2.45, 2.75) is 25.7 Å². The first kappa shape index (κ1) is 12.0. The number of nitrogens with zero attached hydrogens (tertiary/aromatic N) is 2. The fraction of sp³-hybridized carbons (Fsp3) is 0.727. The summed E-state index contributed by atoms with van der Waals surface area (Å²) in [5, 5.41) is 6.41. The van der Waals surface area contributed by atoms with E-state index in [0.29, 0.717) is 31.3 Å². The summed E-state index contributed by atoms with van der Waals surface area (Å²) < 4.78 is 4.85. The second-order valence-corrected chi connectivity index (χ2v) is 4.41. The smallest absolute Gasteiger partial charge is 0.228 e. The highest BCUT2D eigenvalue weighted by atomic mass is 16.5. The summed E-state index contributed by atoms with van der Waals surface area (Å²) in [4.78, 5) is 15.8. The maximum Gasteiger partial charge on any atom is 0.228 e. The predicted molar refractivity (Wildman–Crippen MR) is 60.9 cm³/mol. The van der Waals surface area contributed by atoms with Crippen LogP contribution in [0.4, 0.5) is 0 Å². The van der Waals surface area contributed by atoms with Gasteiger partial charge in [0.05, 0.1) is 0 Å². The quantitative estimate of drug-likeness (QED) is 0.759. The summed E-state index contributed by atoms with van der Waals surface area (Å²) in [6.07, 6.45) is 5.06. The molecule has 6 nitrogen and oxygen atoms in total. The molecule has 0 spiro atoms. The molecule has 2 rings (SSSR count). The molecule has 1 aromatic heterocycles. The van der Waals surface area contributed by atoms with Crippen LogP contribution in [0.5, 0.6) is 0 Å². The number of nitrogens with one attached hydrogen (secondary N) is 1. The van der Waals surface area contributed by atoms with E-state index in [0.717, 1.165) is 19.3 Å². The number of hydrogen-bond donors (Lipinski definition) is 2. The van der Waals surface area contributed by atoms with Gasteiger partial charge in [-0.05, 0) is 25.3 Å². The molecule has 0 bridgehead atoms. The van der Waals surface area contributed by atoms with Crippen LogP contribution in [-0.4, -0.2) is 29.1 Å². The van der Waals surface area contributed by atoms with E-state index in [1.54, 1.807) is 0 Å². The average molecular weight is 238 g/mol. The molecule has 17 heavy (non-hydrogen) atoms.